The van der Waals surface area contributed by atoms with Crippen LogP contribution in [0.4, 0.5) is 0 Å². The largest absolute Gasteiger partial charge is 0.515 e. The van der Waals surface area contributed by atoms with Crippen LogP contribution in [-0.2, 0) is 18.0 Å². The van der Waals surface area contributed by atoms with Gasteiger partial charge in [0.2, 0.25) is 0 Å². The van der Waals surface area contributed by atoms with Crippen molar-refractivity contribution >= 4 is 20.6 Å². The summed E-state index contributed by atoms with van der Waals surface area (Å²) in [5, 5.41) is 0. The summed E-state index contributed by atoms with van der Waals surface area (Å²) in [6, 6.07) is 0. The molecule has 2 saturated heterocycles. The Morgan fingerprint density at radius 3 is 2.35 bits per heavy atom. The Morgan fingerprint density at radius 1 is 1.12 bits per heavy atom. The zero-order valence-corrected chi connectivity index (χ0v) is 12.2. The molecule has 0 N–H and O–H groups in total. The van der Waals surface area contributed by atoms with E-state index in [2.05, 4.69) is 4.90 Å². The smallest absolute Gasteiger partial charge is 0.379 e. The van der Waals surface area contributed by atoms with Crippen LogP contribution in [0.3, 0.4) is 0 Å². The van der Waals surface area contributed by atoms with Gasteiger partial charge in [0.05, 0.1) is 19.4 Å². The molecule has 0 atom stereocenters. The van der Waals surface area contributed by atoms with Crippen molar-refractivity contribution in [2.24, 2.45) is 0 Å². The molecule has 2 aliphatic heterocycles. The van der Waals surface area contributed by atoms with Gasteiger partial charge < -0.3 is 18.0 Å². The molecule has 0 unspecified atom stereocenters. The van der Waals surface area contributed by atoms with Gasteiger partial charge in [-0.15, -0.1) is 0 Å². The number of morpholine rings is 1. The maximum Gasteiger partial charge on any atom is 0.515 e. The molecule has 0 aromatic heterocycles. The molecule has 0 spiro atoms. The van der Waals surface area contributed by atoms with Crippen LogP contribution in [0.25, 0.3) is 0 Å². The summed E-state index contributed by atoms with van der Waals surface area (Å²) in [4.78, 5) is 2.33. The van der Waals surface area contributed by atoms with E-state index in [9.17, 15) is 0 Å². The molecule has 5 nitrogen and oxygen atoms in total. The zero-order valence-electron chi connectivity index (χ0n) is 10.4. The SMILES string of the molecule is CO[Si]1(CN2CCOCC2)OCCSCCO1. The Morgan fingerprint density at radius 2 is 1.76 bits per heavy atom. The minimum Gasteiger partial charge on any atom is -0.379 e. The summed E-state index contributed by atoms with van der Waals surface area (Å²) in [6.45, 7) is 4.94. The molecule has 100 valence electrons. The van der Waals surface area contributed by atoms with Crippen LogP contribution in [-0.4, -0.2) is 78.0 Å². The fraction of sp³-hybridized carbons (Fsp3) is 1.00. The van der Waals surface area contributed by atoms with Crippen LogP contribution >= 0.6 is 11.8 Å². The van der Waals surface area contributed by atoms with Crippen LogP contribution in [0.2, 0.25) is 0 Å². The van der Waals surface area contributed by atoms with Crippen molar-refractivity contribution in [1.29, 1.82) is 0 Å². The van der Waals surface area contributed by atoms with Crippen LogP contribution in [0.5, 0.6) is 0 Å². The predicted molar refractivity (Wildman–Crippen MR) is 69.3 cm³/mol. The molecule has 0 saturated carbocycles. The fourth-order valence-corrected chi connectivity index (χ4v) is 5.19. The molecule has 0 aromatic rings. The lowest BCUT2D eigenvalue weighted by Crippen LogP contribution is -2.57. The van der Waals surface area contributed by atoms with E-state index in [0.717, 1.165) is 57.2 Å². The quantitative estimate of drug-likeness (QED) is 0.689. The number of thioether (sulfide) groups is 1. The molecular weight excluding hydrogens is 258 g/mol. The summed E-state index contributed by atoms with van der Waals surface area (Å²) >= 11 is 1.87. The third kappa shape index (κ3) is 4.20. The molecule has 0 amide bonds. The van der Waals surface area contributed by atoms with Gasteiger partial charge in [0.1, 0.15) is 0 Å². The number of ether oxygens (including phenoxy) is 1. The van der Waals surface area contributed by atoms with Crippen molar-refractivity contribution in [3.63, 3.8) is 0 Å². The van der Waals surface area contributed by atoms with Gasteiger partial charge in [-0.1, -0.05) is 0 Å². The minimum absolute atomic E-state index is 0.731. The van der Waals surface area contributed by atoms with Crippen molar-refractivity contribution in [2.45, 2.75) is 0 Å². The molecule has 0 radical (unpaired) electrons. The van der Waals surface area contributed by atoms with E-state index in [4.69, 9.17) is 18.0 Å². The number of hydrogen-bond donors (Lipinski definition) is 0. The highest BCUT2D eigenvalue weighted by Crippen LogP contribution is 2.16. The van der Waals surface area contributed by atoms with Gasteiger partial charge in [-0.2, -0.15) is 11.8 Å². The lowest BCUT2D eigenvalue weighted by Gasteiger charge is -2.35. The maximum atomic E-state index is 5.91. The first kappa shape index (κ1) is 13.8. The molecule has 0 bridgehead atoms. The van der Waals surface area contributed by atoms with Gasteiger partial charge in [-0.3, -0.25) is 4.90 Å². The van der Waals surface area contributed by atoms with Crippen molar-refractivity contribution in [3.8, 4) is 0 Å². The van der Waals surface area contributed by atoms with E-state index in [1.807, 2.05) is 11.8 Å². The van der Waals surface area contributed by atoms with Crippen LogP contribution in [0.1, 0.15) is 0 Å². The monoisotopic (exact) mass is 279 g/mol. The van der Waals surface area contributed by atoms with Gasteiger partial charge in [0.15, 0.2) is 0 Å². The normalized spacial score (nSPS) is 27.4. The average molecular weight is 279 g/mol. The average Bonchev–Trinajstić information content (AvgIpc) is 2.34. The highest BCUT2D eigenvalue weighted by Gasteiger charge is 2.43. The van der Waals surface area contributed by atoms with Crippen LogP contribution in [0.15, 0.2) is 0 Å². The highest BCUT2D eigenvalue weighted by atomic mass is 32.2. The summed E-state index contributed by atoms with van der Waals surface area (Å²) in [5.74, 6) is 2.06. The van der Waals surface area contributed by atoms with E-state index < -0.39 is 8.80 Å². The predicted octanol–water partition coefficient (Wildman–Crippen LogP) is 0.223. The van der Waals surface area contributed by atoms with Crippen molar-refractivity contribution in [1.82, 2.24) is 4.90 Å². The Hall–Kier alpha value is 0.367. The molecule has 2 aliphatic rings. The summed E-state index contributed by atoms with van der Waals surface area (Å²) in [5.41, 5.74) is 0. The summed E-state index contributed by atoms with van der Waals surface area (Å²) in [7, 11) is -0.760. The standard InChI is InChI=1S/C10H21NO4SSi/c1-12-17(10-11-2-4-13-5-3-11)14-6-8-16-9-7-15-17/h2-10H2,1H3. The molecule has 17 heavy (non-hydrogen) atoms. The van der Waals surface area contributed by atoms with Crippen molar-refractivity contribution in [3.05, 3.63) is 0 Å². The summed E-state index contributed by atoms with van der Waals surface area (Å²) in [6.07, 6.45) is 0.789. The van der Waals surface area contributed by atoms with E-state index in [0.29, 0.717) is 0 Å². The minimum atomic E-state index is -2.47. The third-order valence-electron chi connectivity index (χ3n) is 2.93. The number of nitrogens with zero attached hydrogens (tertiary/aromatic N) is 1. The fourth-order valence-electron chi connectivity index (χ4n) is 1.96. The first-order chi connectivity index (χ1) is 8.35. The second-order valence-electron chi connectivity index (χ2n) is 4.08. The molecule has 2 heterocycles. The Balaban J connectivity index is 1.90. The van der Waals surface area contributed by atoms with Gasteiger partial charge in [-0.25, -0.2) is 0 Å². The number of rotatable bonds is 3. The molecule has 0 aliphatic carbocycles. The van der Waals surface area contributed by atoms with Crippen LogP contribution < -0.4 is 0 Å². The van der Waals surface area contributed by atoms with Crippen molar-refractivity contribution in [2.75, 3.05) is 64.3 Å². The first-order valence-electron chi connectivity index (χ1n) is 6.05. The Labute approximate surface area is 108 Å². The second kappa shape index (κ2) is 7.08. The maximum absolute atomic E-state index is 5.91. The van der Waals surface area contributed by atoms with E-state index >= 15 is 0 Å². The van der Waals surface area contributed by atoms with E-state index in [-0.39, 0.29) is 0 Å². The highest BCUT2D eigenvalue weighted by molar-refractivity contribution is 7.99. The molecule has 2 rings (SSSR count). The van der Waals surface area contributed by atoms with Gasteiger partial charge in [-0.05, 0) is 0 Å². The molecule has 0 aromatic carbocycles. The van der Waals surface area contributed by atoms with Gasteiger partial charge in [0, 0.05) is 44.9 Å². The molecular formula is C10H21NO4SSi. The topological polar surface area (TPSA) is 40.2 Å². The number of hydrogen-bond acceptors (Lipinski definition) is 6. The Bertz CT molecular complexity index is 220. The zero-order chi connectivity index (χ0) is 12.0. The lowest BCUT2D eigenvalue weighted by molar-refractivity contribution is 0.0219. The third-order valence-corrected chi connectivity index (χ3v) is 6.59. The van der Waals surface area contributed by atoms with Gasteiger partial charge >= 0.3 is 8.80 Å². The van der Waals surface area contributed by atoms with Crippen LogP contribution in [0, 0.1) is 0 Å². The van der Waals surface area contributed by atoms with E-state index in [1.165, 1.54) is 0 Å². The lowest BCUT2D eigenvalue weighted by atomic mass is 10.5. The molecule has 7 heteroatoms. The van der Waals surface area contributed by atoms with E-state index in [1.54, 1.807) is 7.11 Å². The Kier molecular flexibility index (Phi) is 5.74. The summed E-state index contributed by atoms with van der Waals surface area (Å²) < 4.78 is 22.8. The first-order valence-corrected chi connectivity index (χ1v) is 9.14. The second-order valence-corrected chi connectivity index (χ2v) is 7.98. The van der Waals surface area contributed by atoms with Gasteiger partial charge in [0.25, 0.3) is 0 Å². The molecule has 2 fully saturated rings. The van der Waals surface area contributed by atoms with Crippen molar-refractivity contribution < 1.29 is 18.0 Å².